The molecule has 1 aromatic carbocycles. The van der Waals surface area contributed by atoms with Gasteiger partial charge < -0.3 is 15.2 Å². The molecular formula is C16H25NO2S. The second kappa shape index (κ2) is 6.83. The molecule has 4 heteroatoms. The SMILES string of the molecule is CCSC1CCC1(O)CNC(C)c1ccccc1OC. The molecule has 112 valence electrons. The van der Waals surface area contributed by atoms with E-state index >= 15 is 0 Å². The van der Waals surface area contributed by atoms with Gasteiger partial charge in [0.15, 0.2) is 0 Å². The first-order valence-corrected chi connectivity index (χ1v) is 8.36. The monoisotopic (exact) mass is 295 g/mol. The van der Waals surface area contributed by atoms with Crippen molar-refractivity contribution in [2.45, 2.75) is 43.6 Å². The normalized spacial score (nSPS) is 26.9. The van der Waals surface area contributed by atoms with Crippen molar-refractivity contribution in [3.8, 4) is 5.75 Å². The van der Waals surface area contributed by atoms with Gasteiger partial charge in [-0.15, -0.1) is 0 Å². The fourth-order valence-electron chi connectivity index (χ4n) is 2.70. The smallest absolute Gasteiger partial charge is 0.123 e. The van der Waals surface area contributed by atoms with Crippen molar-refractivity contribution in [3.63, 3.8) is 0 Å². The standard InChI is InChI=1S/C16H25NO2S/c1-4-20-15-9-10-16(15,18)11-17-12(2)13-7-5-6-8-14(13)19-3/h5-8,12,15,17-18H,4,9-11H2,1-3H3. The molecular weight excluding hydrogens is 270 g/mol. The van der Waals surface area contributed by atoms with Crippen LogP contribution in [0.2, 0.25) is 0 Å². The van der Waals surface area contributed by atoms with E-state index in [1.54, 1.807) is 7.11 Å². The minimum absolute atomic E-state index is 0.169. The van der Waals surface area contributed by atoms with Crippen molar-refractivity contribution in [1.29, 1.82) is 0 Å². The highest BCUT2D eigenvalue weighted by molar-refractivity contribution is 8.00. The minimum Gasteiger partial charge on any atom is -0.496 e. The van der Waals surface area contributed by atoms with Gasteiger partial charge in [0.05, 0.1) is 12.7 Å². The molecule has 0 saturated heterocycles. The molecule has 3 unspecified atom stereocenters. The summed E-state index contributed by atoms with van der Waals surface area (Å²) in [5.74, 6) is 1.96. The minimum atomic E-state index is -0.545. The highest BCUT2D eigenvalue weighted by Crippen LogP contribution is 2.41. The Hall–Kier alpha value is -0.710. The number of aliphatic hydroxyl groups is 1. The predicted molar refractivity (Wildman–Crippen MR) is 85.5 cm³/mol. The largest absolute Gasteiger partial charge is 0.496 e. The molecule has 0 aliphatic heterocycles. The molecule has 0 spiro atoms. The van der Waals surface area contributed by atoms with E-state index in [1.165, 1.54) is 0 Å². The average Bonchev–Trinajstić information content (AvgIpc) is 2.48. The Morgan fingerprint density at radius 2 is 2.25 bits per heavy atom. The molecule has 3 nitrogen and oxygen atoms in total. The topological polar surface area (TPSA) is 41.5 Å². The van der Waals surface area contributed by atoms with Crippen molar-refractivity contribution in [2.75, 3.05) is 19.4 Å². The third-order valence-corrected chi connectivity index (χ3v) is 5.54. The van der Waals surface area contributed by atoms with Crippen molar-refractivity contribution in [1.82, 2.24) is 5.32 Å². The summed E-state index contributed by atoms with van der Waals surface area (Å²) >= 11 is 1.87. The fraction of sp³-hybridized carbons (Fsp3) is 0.625. The summed E-state index contributed by atoms with van der Waals surface area (Å²) in [7, 11) is 1.69. The van der Waals surface area contributed by atoms with E-state index in [0.29, 0.717) is 11.8 Å². The number of benzene rings is 1. The fourth-order valence-corrected chi connectivity index (χ4v) is 3.90. The lowest BCUT2D eigenvalue weighted by atomic mass is 9.79. The Bertz CT molecular complexity index is 440. The van der Waals surface area contributed by atoms with Gasteiger partial charge in [0.1, 0.15) is 5.75 Å². The first-order valence-electron chi connectivity index (χ1n) is 7.31. The average molecular weight is 295 g/mol. The number of rotatable bonds is 7. The number of hydrogen-bond acceptors (Lipinski definition) is 4. The summed E-state index contributed by atoms with van der Waals surface area (Å²) in [5.41, 5.74) is 0.592. The number of para-hydroxylation sites is 1. The van der Waals surface area contributed by atoms with Gasteiger partial charge >= 0.3 is 0 Å². The zero-order valence-corrected chi connectivity index (χ0v) is 13.4. The molecule has 0 radical (unpaired) electrons. The van der Waals surface area contributed by atoms with Crippen LogP contribution in [0.25, 0.3) is 0 Å². The quantitative estimate of drug-likeness (QED) is 0.811. The number of methoxy groups -OCH3 is 1. The summed E-state index contributed by atoms with van der Waals surface area (Å²) in [4.78, 5) is 0. The third-order valence-electron chi connectivity index (χ3n) is 4.13. The van der Waals surface area contributed by atoms with Crippen LogP contribution in [0.1, 0.15) is 38.3 Å². The predicted octanol–water partition coefficient (Wildman–Crippen LogP) is 2.99. The Morgan fingerprint density at radius 3 is 2.85 bits per heavy atom. The van der Waals surface area contributed by atoms with Crippen LogP contribution in [0.3, 0.4) is 0 Å². The molecule has 1 aromatic rings. The van der Waals surface area contributed by atoms with Gasteiger partial charge in [-0.05, 0) is 31.6 Å². The molecule has 0 amide bonds. The van der Waals surface area contributed by atoms with Crippen LogP contribution in [0.4, 0.5) is 0 Å². The zero-order chi connectivity index (χ0) is 14.6. The maximum atomic E-state index is 10.6. The molecule has 1 fully saturated rings. The van der Waals surface area contributed by atoms with Gasteiger partial charge in [-0.2, -0.15) is 11.8 Å². The molecule has 0 aromatic heterocycles. The molecule has 0 heterocycles. The van der Waals surface area contributed by atoms with Crippen molar-refractivity contribution in [2.24, 2.45) is 0 Å². The Labute approximate surface area is 126 Å². The molecule has 2 N–H and O–H groups in total. The molecule has 3 atom stereocenters. The van der Waals surface area contributed by atoms with Gasteiger partial charge in [-0.3, -0.25) is 0 Å². The number of nitrogens with one attached hydrogen (secondary N) is 1. The second-order valence-corrected chi connectivity index (χ2v) is 6.91. The summed E-state index contributed by atoms with van der Waals surface area (Å²) < 4.78 is 5.39. The Morgan fingerprint density at radius 1 is 1.50 bits per heavy atom. The highest BCUT2D eigenvalue weighted by Gasteiger charge is 2.45. The van der Waals surface area contributed by atoms with Gasteiger partial charge in [-0.1, -0.05) is 25.1 Å². The van der Waals surface area contributed by atoms with Gasteiger partial charge in [0.2, 0.25) is 0 Å². The Balaban J connectivity index is 1.93. The Kier molecular flexibility index (Phi) is 5.35. The van der Waals surface area contributed by atoms with Gasteiger partial charge in [-0.25, -0.2) is 0 Å². The number of ether oxygens (including phenoxy) is 1. The first kappa shape index (κ1) is 15.7. The molecule has 1 aliphatic carbocycles. The van der Waals surface area contributed by atoms with E-state index in [4.69, 9.17) is 4.74 Å². The third kappa shape index (κ3) is 3.30. The number of thioether (sulfide) groups is 1. The molecule has 1 aliphatic rings. The van der Waals surface area contributed by atoms with Crippen LogP contribution in [-0.4, -0.2) is 35.4 Å². The summed E-state index contributed by atoms with van der Waals surface area (Å²) in [6.07, 6.45) is 2.02. The van der Waals surface area contributed by atoms with Crippen LogP contribution < -0.4 is 10.1 Å². The van der Waals surface area contributed by atoms with Gasteiger partial charge in [0, 0.05) is 23.4 Å². The van der Waals surface area contributed by atoms with E-state index in [9.17, 15) is 5.11 Å². The van der Waals surface area contributed by atoms with E-state index in [1.807, 2.05) is 30.0 Å². The van der Waals surface area contributed by atoms with E-state index < -0.39 is 5.60 Å². The zero-order valence-electron chi connectivity index (χ0n) is 12.6. The lowest BCUT2D eigenvalue weighted by molar-refractivity contribution is -0.0250. The van der Waals surface area contributed by atoms with Crippen molar-refractivity contribution < 1.29 is 9.84 Å². The summed E-state index contributed by atoms with van der Waals surface area (Å²) in [5, 5.41) is 14.4. The second-order valence-electron chi connectivity index (χ2n) is 5.43. The maximum absolute atomic E-state index is 10.6. The van der Waals surface area contributed by atoms with Gasteiger partial charge in [0.25, 0.3) is 0 Å². The van der Waals surface area contributed by atoms with Crippen molar-refractivity contribution in [3.05, 3.63) is 29.8 Å². The maximum Gasteiger partial charge on any atom is 0.123 e. The van der Waals surface area contributed by atoms with Crippen LogP contribution in [0.15, 0.2) is 24.3 Å². The van der Waals surface area contributed by atoms with Crippen LogP contribution in [0.5, 0.6) is 5.75 Å². The van der Waals surface area contributed by atoms with E-state index in [-0.39, 0.29) is 6.04 Å². The first-order chi connectivity index (χ1) is 9.60. The molecule has 0 bridgehead atoms. The summed E-state index contributed by atoms with van der Waals surface area (Å²) in [6.45, 7) is 4.90. The highest BCUT2D eigenvalue weighted by atomic mass is 32.2. The van der Waals surface area contributed by atoms with Crippen LogP contribution in [-0.2, 0) is 0 Å². The molecule has 20 heavy (non-hydrogen) atoms. The molecule has 1 saturated carbocycles. The summed E-state index contributed by atoms with van der Waals surface area (Å²) in [6, 6.07) is 8.20. The van der Waals surface area contributed by atoms with E-state index in [0.717, 1.165) is 29.9 Å². The van der Waals surface area contributed by atoms with E-state index in [2.05, 4.69) is 25.2 Å². The number of hydrogen-bond donors (Lipinski definition) is 2. The van der Waals surface area contributed by atoms with Crippen molar-refractivity contribution >= 4 is 11.8 Å². The van der Waals surface area contributed by atoms with Crippen LogP contribution >= 0.6 is 11.8 Å². The molecule has 2 rings (SSSR count). The lowest BCUT2D eigenvalue weighted by Gasteiger charge is -2.45. The van der Waals surface area contributed by atoms with Crippen LogP contribution in [0, 0.1) is 0 Å². The lowest BCUT2D eigenvalue weighted by Crippen LogP contribution is -2.56.